The van der Waals surface area contributed by atoms with Crippen LogP contribution in [0.3, 0.4) is 0 Å². The number of aryl methyl sites for hydroxylation is 1. The van der Waals surface area contributed by atoms with Gasteiger partial charge in [0.05, 0.1) is 11.4 Å². The highest BCUT2D eigenvalue weighted by atomic mass is 35.5. The van der Waals surface area contributed by atoms with E-state index in [2.05, 4.69) is 51.6 Å². The monoisotopic (exact) mass is 455 g/mol. The summed E-state index contributed by atoms with van der Waals surface area (Å²) in [5, 5.41) is 12.6. The number of amides is 1. The maximum atomic E-state index is 12.5. The van der Waals surface area contributed by atoms with Crippen molar-refractivity contribution in [2.24, 2.45) is 0 Å². The van der Waals surface area contributed by atoms with Crippen LogP contribution in [-0.4, -0.2) is 50.5 Å². The van der Waals surface area contributed by atoms with Crippen LogP contribution in [0.2, 0.25) is 5.02 Å². The second kappa shape index (κ2) is 10.3. The zero-order valence-corrected chi connectivity index (χ0v) is 19.1. The van der Waals surface area contributed by atoms with Crippen LogP contribution in [0.5, 0.6) is 0 Å². The topological polar surface area (TPSA) is 63.1 Å². The molecule has 0 radical (unpaired) electrons. The van der Waals surface area contributed by atoms with E-state index in [-0.39, 0.29) is 11.9 Å². The Labute approximate surface area is 192 Å². The maximum Gasteiger partial charge on any atom is 0.230 e. The lowest BCUT2D eigenvalue weighted by Crippen LogP contribution is -2.44. The molecule has 1 fully saturated rings. The lowest BCUT2D eigenvalue weighted by Gasteiger charge is -2.32. The highest BCUT2D eigenvalue weighted by molar-refractivity contribution is 7.99. The molecular formula is C23H26ClN5OS. The van der Waals surface area contributed by atoms with Crippen molar-refractivity contribution in [2.75, 3.05) is 18.8 Å². The highest BCUT2D eigenvalue weighted by Crippen LogP contribution is 2.22. The van der Waals surface area contributed by atoms with Crippen LogP contribution >= 0.6 is 23.4 Å². The Hall–Kier alpha value is -2.35. The zero-order valence-electron chi connectivity index (χ0n) is 17.5. The second-order valence-electron chi connectivity index (χ2n) is 7.86. The molecule has 0 saturated carbocycles. The van der Waals surface area contributed by atoms with E-state index in [4.69, 9.17) is 11.6 Å². The van der Waals surface area contributed by atoms with Crippen LogP contribution < -0.4 is 5.32 Å². The van der Waals surface area contributed by atoms with Crippen LogP contribution in [0.15, 0.2) is 60.0 Å². The van der Waals surface area contributed by atoms with Gasteiger partial charge in [0.1, 0.15) is 6.33 Å². The molecule has 0 spiro atoms. The van der Waals surface area contributed by atoms with E-state index in [1.165, 1.54) is 22.9 Å². The first-order valence-electron chi connectivity index (χ1n) is 10.4. The molecule has 8 heteroatoms. The number of hydrogen-bond acceptors (Lipinski definition) is 5. The molecule has 1 aliphatic rings. The normalized spacial score (nSPS) is 15.2. The molecule has 4 rings (SSSR count). The van der Waals surface area contributed by atoms with Gasteiger partial charge >= 0.3 is 0 Å². The van der Waals surface area contributed by atoms with Gasteiger partial charge in [-0.1, -0.05) is 59.3 Å². The lowest BCUT2D eigenvalue weighted by atomic mass is 10.0. The van der Waals surface area contributed by atoms with Crippen LogP contribution in [0, 0.1) is 6.92 Å². The van der Waals surface area contributed by atoms with E-state index in [0.29, 0.717) is 15.9 Å². The fourth-order valence-corrected chi connectivity index (χ4v) is 4.75. The number of piperidine rings is 1. The molecular weight excluding hydrogens is 430 g/mol. The predicted molar refractivity (Wildman–Crippen MR) is 125 cm³/mol. The molecule has 1 N–H and O–H groups in total. The number of thioether (sulfide) groups is 1. The summed E-state index contributed by atoms with van der Waals surface area (Å²) >= 11 is 7.46. The van der Waals surface area contributed by atoms with Crippen LogP contribution in [0.4, 0.5) is 0 Å². The Morgan fingerprint density at radius 3 is 2.77 bits per heavy atom. The molecule has 0 aliphatic carbocycles. The SMILES string of the molecule is Cc1cccc(CN2CCC(NC(=O)CSc3nncn3-c3cccc(Cl)c3)CC2)c1. The summed E-state index contributed by atoms with van der Waals surface area (Å²) in [5.74, 6) is 0.339. The first-order chi connectivity index (χ1) is 15.1. The minimum absolute atomic E-state index is 0.0304. The van der Waals surface area contributed by atoms with Gasteiger partial charge in [-0.3, -0.25) is 14.3 Å². The van der Waals surface area contributed by atoms with E-state index >= 15 is 0 Å². The molecule has 1 saturated heterocycles. The number of likely N-dealkylation sites (tertiary alicyclic amines) is 1. The van der Waals surface area contributed by atoms with Gasteiger partial charge in [-0.15, -0.1) is 10.2 Å². The average Bonchev–Trinajstić information content (AvgIpc) is 3.22. The van der Waals surface area contributed by atoms with E-state index in [1.807, 2.05) is 28.8 Å². The van der Waals surface area contributed by atoms with Crippen molar-refractivity contribution in [3.05, 3.63) is 71.0 Å². The largest absolute Gasteiger partial charge is 0.353 e. The molecule has 0 atom stereocenters. The Balaban J connectivity index is 1.23. The molecule has 3 aromatic rings. The third-order valence-electron chi connectivity index (χ3n) is 5.38. The third kappa shape index (κ3) is 6.09. The van der Waals surface area contributed by atoms with E-state index in [9.17, 15) is 4.79 Å². The van der Waals surface area contributed by atoms with Crippen molar-refractivity contribution >= 4 is 29.3 Å². The molecule has 1 amide bonds. The summed E-state index contributed by atoms with van der Waals surface area (Å²) in [5.41, 5.74) is 3.52. The van der Waals surface area contributed by atoms with Crippen molar-refractivity contribution in [1.29, 1.82) is 0 Å². The minimum atomic E-state index is 0.0304. The Morgan fingerprint density at radius 2 is 2.00 bits per heavy atom. The zero-order chi connectivity index (χ0) is 21.6. The number of benzene rings is 2. The predicted octanol–water partition coefficient (Wildman–Crippen LogP) is 4.10. The first kappa shape index (κ1) is 21.9. The molecule has 0 unspecified atom stereocenters. The fourth-order valence-electron chi connectivity index (χ4n) is 3.83. The van der Waals surface area contributed by atoms with Crippen molar-refractivity contribution in [2.45, 2.75) is 37.5 Å². The summed E-state index contributed by atoms with van der Waals surface area (Å²) in [6.45, 7) is 5.09. The Morgan fingerprint density at radius 1 is 1.19 bits per heavy atom. The van der Waals surface area contributed by atoms with Gasteiger partial charge in [-0.05, 0) is 43.5 Å². The molecule has 2 aromatic carbocycles. The molecule has 6 nitrogen and oxygen atoms in total. The number of rotatable bonds is 7. The highest BCUT2D eigenvalue weighted by Gasteiger charge is 2.21. The summed E-state index contributed by atoms with van der Waals surface area (Å²) in [6, 6.07) is 16.4. The molecule has 1 aliphatic heterocycles. The second-order valence-corrected chi connectivity index (χ2v) is 9.24. The molecule has 31 heavy (non-hydrogen) atoms. The molecule has 162 valence electrons. The number of halogens is 1. The number of carbonyl (C=O) groups is 1. The van der Waals surface area contributed by atoms with Crippen molar-refractivity contribution < 1.29 is 4.79 Å². The maximum absolute atomic E-state index is 12.5. The summed E-state index contributed by atoms with van der Waals surface area (Å²) in [6.07, 6.45) is 3.58. The third-order valence-corrected chi connectivity index (χ3v) is 6.55. The number of hydrogen-bond donors (Lipinski definition) is 1. The van der Waals surface area contributed by atoms with Gasteiger partial charge in [-0.2, -0.15) is 0 Å². The van der Waals surface area contributed by atoms with Gasteiger partial charge in [0.15, 0.2) is 5.16 Å². The first-order valence-corrected chi connectivity index (χ1v) is 11.8. The van der Waals surface area contributed by atoms with Crippen LogP contribution in [-0.2, 0) is 11.3 Å². The standard InChI is InChI=1S/C23H26ClN5OS/c1-17-4-2-5-18(12-17)14-28-10-8-20(9-11-28)26-22(30)15-31-23-27-25-16-29(23)21-7-3-6-19(24)13-21/h2-7,12-13,16,20H,8-11,14-15H2,1H3,(H,26,30). The lowest BCUT2D eigenvalue weighted by molar-refractivity contribution is -0.119. The smallest absolute Gasteiger partial charge is 0.230 e. The van der Waals surface area contributed by atoms with Crippen LogP contribution in [0.25, 0.3) is 5.69 Å². The molecule has 2 heterocycles. The summed E-state index contributed by atoms with van der Waals surface area (Å²) < 4.78 is 1.84. The van der Waals surface area contributed by atoms with E-state index in [0.717, 1.165) is 38.2 Å². The van der Waals surface area contributed by atoms with Crippen LogP contribution in [0.1, 0.15) is 24.0 Å². The number of nitrogens with zero attached hydrogens (tertiary/aromatic N) is 4. The van der Waals surface area contributed by atoms with Crippen molar-refractivity contribution in [3.63, 3.8) is 0 Å². The molecule has 0 bridgehead atoms. The molecule has 1 aromatic heterocycles. The average molecular weight is 456 g/mol. The van der Waals surface area contributed by atoms with Gasteiger partial charge in [-0.25, -0.2) is 0 Å². The number of nitrogens with one attached hydrogen (secondary N) is 1. The Bertz CT molecular complexity index is 1030. The number of carbonyl (C=O) groups excluding carboxylic acids is 1. The van der Waals surface area contributed by atoms with E-state index < -0.39 is 0 Å². The minimum Gasteiger partial charge on any atom is -0.353 e. The summed E-state index contributed by atoms with van der Waals surface area (Å²) in [7, 11) is 0. The van der Waals surface area contributed by atoms with Gasteiger partial charge in [0.2, 0.25) is 5.91 Å². The Kier molecular flexibility index (Phi) is 7.27. The van der Waals surface area contributed by atoms with Gasteiger partial charge in [0.25, 0.3) is 0 Å². The number of aromatic nitrogens is 3. The fraction of sp³-hybridized carbons (Fsp3) is 0.348. The summed E-state index contributed by atoms with van der Waals surface area (Å²) in [4.78, 5) is 15.0. The van der Waals surface area contributed by atoms with E-state index in [1.54, 1.807) is 6.33 Å². The quantitative estimate of drug-likeness (QED) is 0.543. The van der Waals surface area contributed by atoms with Gasteiger partial charge < -0.3 is 5.32 Å². The van der Waals surface area contributed by atoms with Crippen molar-refractivity contribution in [3.8, 4) is 5.69 Å². The van der Waals surface area contributed by atoms with Crippen molar-refractivity contribution in [1.82, 2.24) is 25.0 Å². The van der Waals surface area contributed by atoms with Gasteiger partial charge in [0, 0.05) is 30.7 Å².